The summed E-state index contributed by atoms with van der Waals surface area (Å²) in [5.41, 5.74) is 3.32. The molecule has 0 fully saturated rings. The lowest BCUT2D eigenvalue weighted by atomic mass is 10.0. The topological polar surface area (TPSA) is 90.0 Å². The number of anilines is 1. The maximum absolute atomic E-state index is 14.2. The number of carbonyl (C=O) groups is 2. The van der Waals surface area contributed by atoms with E-state index in [9.17, 15) is 22.4 Å². The SMILES string of the molecule is Cc1ccc(C)c(N(CC(=O)N(Cc2ccc(F)cc2)C(Cc2ccccc2)C(=O)NC(C)C)S(=O)(=O)N(C)C)c1. The molecule has 1 atom stereocenters. The lowest BCUT2D eigenvalue weighted by Crippen LogP contribution is -2.55. The Kier molecular flexibility index (Phi) is 10.6. The molecule has 0 saturated heterocycles. The Morgan fingerprint density at radius 1 is 0.902 bits per heavy atom. The Labute approximate surface area is 243 Å². The predicted octanol–water partition coefficient (Wildman–Crippen LogP) is 4.22. The normalized spacial score (nSPS) is 12.3. The molecule has 0 spiro atoms. The van der Waals surface area contributed by atoms with Crippen molar-refractivity contribution in [3.8, 4) is 0 Å². The summed E-state index contributed by atoms with van der Waals surface area (Å²) < 4.78 is 42.9. The Bertz CT molecular complexity index is 1440. The van der Waals surface area contributed by atoms with Crippen LogP contribution in [-0.2, 0) is 32.8 Å². The van der Waals surface area contributed by atoms with E-state index in [1.807, 2.05) is 57.2 Å². The van der Waals surface area contributed by atoms with Gasteiger partial charge >= 0.3 is 10.2 Å². The number of hydrogen-bond acceptors (Lipinski definition) is 4. The van der Waals surface area contributed by atoms with Gasteiger partial charge in [-0.3, -0.25) is 9.59 Å². The minimum atomic E-state index is -4.09. The molecular weight excluding hydrogens is 543 g/mol. The fourth-order valence-electron chi connectivity index (χ4n) is 4.41. The number of rotatable bonds is 12. The average molecular weight is 583 g/mol. The third-order valence-corrected chi connectivity index (χ3v) is 8.43. The summed E-state index contributed by atoms with van der Waals surface area (Å²) in [5, 5.41) is 2.91. The Morgan fingerprint density at radius 2 is 1.54 bits per heavy atom. The molecule has 0 aliphatic rings. The predicted molar refractivity (Wildman–Crippen MR) is 160 cm³/mol. The van der Waals surface area contributed by atoms with Crippen molar-refractivity contribution in [2.75, 3.05) is 24.9 Å². The molecule has 0 bridgehead atoms. The van der Waals surface area contributed by atoms with Gasteiger partial charge in [0, 0.05) is 33.1 Å². The van der Waals surface area contributed by atoms with Crippen LogP contribution in [0.4, 0.5) is 10.1 Å². The molecule has 10 heteroatoms. The lowest BCUT2D eigenvalue weighted by Gasteiger charge is -2.35. The van der Waals surface area contributed by atoms with E-state index >= 15 is 0 Å². The van der Waals surface area contributed by atoms with Crippen LogP contribution in [0.3, 0.4) is 0 Å². The van der Waals surface area contributed by atoms with Gasteiger partial charge in [-0.2, -0.15) is 12.7 Å². The molecule has 0 aliphatic carbocycles. The Hall–Kier alpha value is -3.76. The first-order chi connectivity index (χ1) is 19.3. The third kappa shape index (κ3) is 8.37. The van der Waals surface area contributed by atoms with Crippen molar-refractivity contribution in [3.05, 3.63) is 101 Å². The van der Waals surface area contributed by atoms with Gasteiger partial charge in [0.25, 0.3) is 0 Å². The van der Waals surface area contributed by atoms with E-state index in [0.717, 1.165) is 19.7 Å². The van der Waals surface area contributed by atoms with E-state index in [0.29, 0.717) is 16.8 Å². The summed E-state index contributed by atoms with van der Waals surface area (Å²) in [7, 11) is -1.28. The highest BCUT2D eigenvalue weighted by molar-refractivity contribution is 7.90. The van der Waals surface area contributed by atoms with Gasteiger partial charge in [0.05, 0.1) is 5.69 Å². The minimum Gasteiger partial charge on any atom is -0.352 e. The largest absolute Gasteiger partial charge is 0.352 e. The number of carbonyl (C=O) groups excluding carboxylic acids is 2. The van der Waals surface area contributed by atoms with Crippen molar-refractivity contribution in [1.82, 2.24) is 14.5 Å². The molecule has 1 N–H and O–H groups in total. The summed E-state index contributed by atoms with van der Waals surface area (Å²) in [4.78, 5) is 29.2. The molecule has 0 saturated carbocycles. The number of amides is 2. The van der Waals surface area contributed by atoms with Crippen LogP contribution in [0.5, 0.6) is 0 Å². The van der Waals surface area contributed by atoms with Crippen LogP contribution in [0, 0.1) is 19.7 Å². The number of hydrogen-bond donors (Lipinski definition) is 1. The van der Waals surface area contributed by atoms with Gasteiger partial charge in [-0.25, -0.2) is 8.70 Å². The average Bonchev–Trinajstić information content (AvgIpc) is 2.91. The zero-order chi connectivity index (χ0) is 30.3. The van der Waals surface area contributed by atoms with E-state index < -0.39 is 34.5 Å². The molecule has 3 aromatic rings. The molecule has 3 aromatic carbocycles. The van der Waals surface area contributed by atoms with Gasteiger partial charge in [-0.05, 0) is 68.1 Å². The van der Waals surface area contributed by atoms with Crippen LogP contribution < -0.4 is 9.62 Å². The maximum Gasteiger partial charge on any atom is 0.304 e. The molecule has 1 unspecified atom stereocenters. The highest BCUT2D eigenvalue weighted by Gasteiger charge is 2.35. The van der Waals surface area contributed by atoms with Crippen LogP contribution in [0.15, 0.2) is 72.8 Å². The maximum atomic E-state index is 14.2. The summed E-state index contributed by atoms with van der Waals surface area (Å²) in [6.07, 6.45) is 0.205. The third-order valence-electron chi connectivity index (χ3n) is 6.62. The van der Waals surface area contributed by atoms with E-state index in [-0.39, 0.29) is 24.9 Å². The number of nitrogens with zero attached hydrogens (tertiary/aromatic N) is 3. The smallest absolute Gasteiger partial charge is 0.304 e. The molecule has 3 rings (SSSR count). The van der Waals surface area contributed by atoms with Crippen LogP contribution in [0.1, 0.15) is 36.1 Å². The van der Waals surface area contributed by atoms with Crippen molar-refractivity contribution < 1.29 is 22.4 Å². The van der Waals surface area contributed by atoms with Crippen LogP contribution >= 0.6 is 0 Å². The minimum absolute atomic E-state index is 0.0230. The molecule has 0 aliphatic heterocycles. The Morgan fingerprint density at radius 3 is 2.12 bits per heavy atom. The fraction of sp³-hybridized carbons (Fsp3) is 0.355. The molecule has 0 radical (unpaired) electrons. The van der Waals surface area contributed by atoms with E-state index in [1.54, 1.807) is 31.2 Å². The molecule has 8 nitrogen and oxygen atoms in total. The van der Waals surface area contributed by atoms with Crippen LogP contribution in [-0.4, -0.2) is 62.2 Å². The van der Waals surface area contributed by atoms with Crippen molar-refractivity contribution in [1.29, 1.82) is 0 Å². The summed E-state index contributed by atoms with van der Waals surface area (Å²) in [6.45, 7) is 6.72. The van der Waals surface area contributed by atoms with Crippen LogP contribution in [0.25, 0.3) is 0 Å². The zero-order valence-corrected chi connectivity index (χ0v) is 25.3. The quantitative estimate of drug-likeness (QED) is 0.346. The monoisotopic (exact) mass is 582 g/mol. The second kappa shape index (κ2) is 13.7. The van der Waals surface area contributed by atoms with E-state index in [4.69, 9.17) is 0 Å². The first kappa shape index (κ1) is 31.8. The fourth-order valence-corrected chi connectivity index (χ4v) is 5.52. The van der Waals surface area contributed by atoms with Gasteiger partial charge < -0.3 is 10.2 Å². The number of nitrogens with one attached hydrogen (secondary N) is 1. The van der Waals surface area contributed by atoms with E-state index in [2.05, 4.69) is 5.32 Å². The van der Waals surface area contributed by atoms with Crippen LogP contribution in [0.2, 0.25) is 0 Å². The number of aryl methyl sites for hydroxylation is 2. The van der Waals surface area contributed by atoms with Crippen molar-refractivity contribution >= 4 is 27.7 Å². The van der Waals surface area contributed by atoms with Crippen molar-refractivity contribution in [2.45, 2.75) is 52.7 Å². The highest BCUT2D eigenvalue weighted by Crippen LogP contribution is 2.26. The standard InChI is InChI=1S/C31H39FN4O4S/c1-22(2)33-31(38)29(19-25-10-8-7-9-11-25)35(20-26-14-16-27(32)17-15-26)30(37)21-36(41(39,40)34(5)6)28-18-23(3)12-13-24(28)4/h7-18,22,29H,19-21H2,1-6H3,(H,33,38). The van der Waals surface area contributed by atoms with Gasteiger partial charge in [0.15, 0.2) is 0 Å². The highest BCUT2D eigenvalue weighted by atomic mass is 32.2. The molecule has 0 heterocycles. The molecule has 220 valence electrons. The number of halogens is 1. The van der Waals surface area contributed by atoms with Crippen molar-refractivity contribution in [3.63, 3.8) is 0 Å². The zero-order valence-electron chi connectivity index (χ0n) is 24.5. The summed E-state index contributed by atoms with van der Waals surface area (Å²) >= 11 is 0. The molecular formula is C31H39FN4O4S. The van der Waals surface area contributed by atoms with E-state index in [1.165, 1.54) is 31.1 Å². The summed E-state index contributed by atoms with van der Waals surface area (Å²) in [6, 6.07) is 19.2. The second-order valence-electron chi connectivity index (χ2n) is 10.6. The van der Waals surface area contributed by atoms with Gasteiger partial charge in [-0.15, -0.1) is 0 Å². The summed E-state index contributed by atoms with van der Waals surface area (Å²) in [5.74, 6) is -1.36. The lowest BCUT2D eigenvalue weighted by molar-refractivity contribution is -0.140. The van der Waals surface area contributed by atoms with Gasteiger partial charge in [0.2, 0.25) is 11.8 Å². The first-order valence-corrected chi connectivity index (χ1v) is 14.8. The van der Waals surface area contributed by atoms with Gasteiger partial charge in [-0.1, -0.05) is 54.6 Å². The Balaban J connectivity index is 2.12. The van der Waals surface area contributed by atoms with Gasteiger partial charge in [0.1, 0.15) is 18.4 Å². The molecule has 2 amide bonds. The van der Waals surface area contributed by atoms with Crippen molar-refractivity contribution in [2.24, 2.45) is 0 Å². The second-order valence-corrected chi connectivity index (χ2v) is 12.7. The first-order valence-electron chi connectivity index (χ1n) is 13.4. The molecule has 41 heavy (non-hydrogen) atoms. The molecule has 0 aromatic heterocycles. The number of benzene rings is 3.